The average Bonchev–Trinajstić information content (AvgIpc) is 2.94. The van der Waals surface area contributed by atoms with Crippen molar-refractivity contribution in [1.82, 2.24) is 14.8 Å². The number of nitrogens with zero attached hydrogens (tertiary/aromatic N) is 3. The van der Waals surface area contributed by atoms with Crippen LogP contribution in [0.2, 0.25) is 0 Å². The normalized spacial score (nSPS) is 10.7. The van der Waals surface area contributed by atoms with Crippen LogP contribution in [0.4, 0.5) is 5.69 Å². The minimum atomic E-state index is -0.147. The maximum Gasteiger partial charge on any atom is 0.255 e. The summed E-state index contributed by atoms with van der Waals surface area (Å²) in [5.41, 5.74) is 4.26. The zero-order valence-corrected chi connectivity index (χ0v) is 15.3. The molecule has 0 spiro atoms. The summed E-state index contributed by atoms with van der Waals surface area (Å²) in [6.45, 7) is 6.03. The van der Waals surface area contributed by atoms with Gasteiger partial charge in [-0.1, -0.05) is 13.0 Å². The average molecular weight is 352 g/mol. The summed E-state index contributed by atoms with van der Waals surface area (Å²) in [5, 5.41) is 8.28. The van der Waals surface area contributed by atoms with Crippen LogP contribution >= 0.6 is 11.8 Å². The first kappa shape index (κ1) is 17.2. The number of aryl methyl sites for hydroxylation is 2. The van der Waals surface area contributed by atoms with Gasteiger partial charge in [0.25, 0.3) is 5.91 Å². The molecule has 0 aliphatic rings. The van der Waals surface area contributed by atoms with Crippen LogP contribution in [0.25, 0.3) is 5.69 Å². The molecule has 0 fully saturated rings. The summed E-state index contributed by atoms with van der Waals surface area (Å²) in [7, 11) is 0. The maximum atomic E-state index is 12.5. The lowest BCUT2D eigenvalue weighted by Crippen LogP contribution is -2.12. The van der Waals surface area contributed by atoms with Gasteiger partial charge in [-0.2, -0.15) is 5.10 Å². The second-order valence-electron chi connectivity index (χ2n) is 5.66. The highest BCUT2D eigenvalue weighted by Gasteiger charge is 2.09. The van der Waals surface area contributed by atoms with Crippen LogP contribution in [0, 0.1) is 13.8 Å². The van der Waals surface area contributed by atoms with E-state index in [0.29, 0.717) is 5.56 Å². The molecule has 1 N–H and O–H groups in total. The molecule has 25 heavy (non-hydrogen) atoms. The summed E-state index contributed by atoms with van der Waals surface area (Å²) < 4.78 is 1.87. The van der Waals surface area contributed by atoms with Gasteiger partial charge >= 0.3 is 0 Å². The molecule has 5 nitrogen and oxygen atoms in total. The van der Waals surface area contributed by atoms with E-state index in [1.54, 1.807) is 24.0 Å². The Balaban J connectivity index is 1.81. The Morgan fingerprint density at radius 3 is 2.76 bits per heavy atom. The molecule has 128 valence electrons. The van der Waals surface area contributed by atoms with Crippen molar-refractivity contribution in [1.29, 1.82) is 0 Å². The van der Waals surface area contributed by atoms with Gasteiger partial charge in [0.15, 0.2) is 0 Å². The number of amides is 1. The smallest absolute Gasteiger partial charge is 0.255 e. The van der Waals surface area contributed by atoms with Gasteiger partial charge in [-0.3, -0.25) is 4.79 Å². The molecular formula is C19H20N4OS. The van der Waals surface area contributed by atoms with Crippen LogP contribution in [-0.4, -0.2) is 26.4 Å². The van der Waals surface area contributed by atoms with Crippen molar-refractivity contribution < 1.29 is 4.79 Å². The van der Waals surface area contributed by atoms with Gasteiger partial charge in [-0.05, 0) is 56.0 Å². The van der Waals surface area contributed by atoms with Crippen molar-refractivity contribution in [2.24, 2.45) is 0 Å². The van der Waals surface area contributed by atoms with E-state index in [1.165, 1.54) is 0 Å². The Hall–Kier alpha value is -2.60. The van der Waals surface area contributed by atoms with Crippen molar-refractivity contribution in [3.05, 3.63) is 65.6 Å². The Morgan fingerprint density at radius 2 is 2.04 bits per heavy atom. The monoisotopic (exact) mass is 352 g/mol. The largest absolute Gasteiger partial charge is 0.322 e. The SMILES string of the molecule is CCSc1cc(C(=O)Nc2cccc(-n3nc(C)cc3C)c2)ccn1. The molecule has 0 atom stereocenters. The zero-order valence-electron chi connectivity index (χ0n) is 14.5. The molecule has 0 saturated heterocycles. The number of nitrogens with one attached hydrogen (secondary N) is 1. The third-order valence-corrected chi connectivity index (χ3v) is 4.46. The van der Waals surface area contributed by atoms with Gasteiger partial charge < -0.3 is 5.32 Å². The number of aromatic nitrogens is 3. The van der Waals surface area contributed by atoms with Crippen LogP contribution in [0.5, 0.6) is 0 Å². The zero-order chi connectivity index (χ0) is 17.8. The van der Waals surface area contributed by atoms with Crippen molar-refractivity contribution >= 4 is 23.4 Å². The molecule has 2 heterocycles. The molecule has 1 amide bonds. The van der Waals surface area contributed by atoms with Crippen LogP contribution < -0.4 is 5.32 Å². The summed E-state index contributed by atoms with van der Waals surface area (Å²) in [6.07, 6.45) is 1.67. The number of hydrogen-bond donors (Lipinski definition) is 1. The number of thioether (sulfide) groups is 1. The predicted molar refractivity (Wildman–Crippen MR) is 102 cm³/mol. The van der Waals surface area contributed by atoms with E-state index in [4.69, 9.17) is 0 Å². The maximum absolute atomic E-state index is 12.5. The first-order chi connectivity index (χ1) is 12.1. The standard InChI is InChI=1S/C19H20N4OS/c1-4-25-18-11-15(8-9-20-18)19(24)21-16-6-5-7-17(12-16)23-14(3)10-13(2)22-23/h5-12H,4H2,1-3H3,(H,21,24). The van der Waals surface area contributed by atoms with Gasteiger partial charge in [0.1, 0.15) is 0 Å². The fourth-order valence-corrected chi connectivity index (χ4v) is 3.23. The highest BCUT2D eigenvalue weighted by atomic mass is 32.2. The Bertz CT molecular complexity index is 904. The number of anilines is 1. The quantitative estimate of drug-likeness (QED) is 0.698. The molecule has 0 saturated carbocycles. The number of rotatable bonds is 5. The van der Waals surface area contributed by atoms with Crippen LogP contribution in [0.3, 0.4) is 0 Å². The Morgan fingerprint density at radius 1 is 1.20 bits per heavy atom. The van der Waals surface area contributed by atoms with E-state index >= 15 is 0 Å². The predicted octanol–water partition coefficient (Wildman–Crippen LogP) is 4.25. The minimum Gasteiger partial charge on any atom is -0.322 e. The molecule has 0 bridgehead atoms. The number of carbonyl (C=O) groups excluding carboxylic acids is 1. The van der Waals surface area contributed by atoms with Gasteiger partial charge in [-0.25, -0.2) is 9.67 Å². The molecule has 0 aliphatic heterocycles. The summed E-state index contributed by atoms with van der Waals surface area (Å²) >= 11 is 1.61. The van der Waals surface area contributed by atoms with Gasteiger partial charge in [0.05, 0.1) is 16.4 Å². The first-order valence-electron chi connectivity index (χ1n) is 8.10. The van der Waals surface area contributed by atoms with E-state index in [9.17, 15) is 4.79 Å². The summed E-state index contributed by atoms with van der Waals surface area (Å²) in [5.74, 6) is 0.772. The van der Waals surface area contributed by atoms with E-state index in [0.717, 1.165) is 33.5 Å². The second kappa shape index (κ2) is 7.53. The first-order valence-corrected chi connectivity index (χ1v) is 9.09. The topological polar surface area (TPSA) is 59.8 Å². The highest BCUT2D eigenvalue weighted by Crippen LogP contribution is 2.19. The molecule has 2 aromatic heterocycles. The van der Waals surface area contributed by atoms with E-state index < -0.39 is 0 Å². The van der Waals surface area contributed by atoms with E-state index in [2.05, 4.69) is 22.3 Å². The summed E-state index contributed by atoms with van der Waals surface area (Å²) in [4.78, 5) is 16.8. The van der Waals surface area contributed by atoms with Crippen LogP contribution in [-0.2, 0) is 0 Å². The molecule has 3 rings (SSSR count). The van der Waals surface area contributed by atoms with Crippen molar-refractivity contribution in [2.45, 2.75) is 25.8 Å². The molecule has 6 heteroatoms. The van der Waals surface area contributed by atoms with Crippen molar-refractivity contribution in [3.8, 4) is 5.69 Å². The molecule has 0 unspecified atom stereocenters. The number of benzene rings is 1. The molecule has 0 aliphatic carbocycles. The Kier molecular flexibility index (Phi) is 5.19. The second-order valence-corrected chi connectivity index (χ2v) is 6.94. The fourth-order valence-electron chi connectivity index (χ4n) is 2.59. The lowest BCUT2D eigenvalue weighted by atomic mass is 10.2. The van der Waals surface area contributed by atoms with E-state index in [-0.39, 0.29) is 5.91 Å². The van der Waals surface area contributed by atoms with Crippen LogP contribution in [0.1, 0.15) is 28.7 Å². The Labute approximate surface area is 151 Å². The van der Waals surface area contributed by atoms with Crippen molar-refractivity contribution in [3.63, 3.8) is 0 Å². The third-order valence-electron chi connectivity index (χ3n) is 3.65. The highest BCUT2D eigenvalue weighted by molar-refractivity contribution is 7.99. The minimum absolute atomic E-state index is 0.147. The van der Waals surface area contributed by atoms with E-state index in [1.807, 2.05) is 54.9 Å². The molecule has 1 aromatic carbocycles. The van der Waals surface area contributed by atoms with Gasteiger partial charge in [0, 0.05) is 23.1 Å². The third kappa shape index (κ3) is 4.09. The number of hydrogen-bond acceptors (Lipinski definition) is 4. The summed E-state index contributed by atoms with van der Waals surface area (Å²) in [6, 6.07) is 13.2. The van der Waals surface area contributed by atoms with Gasteiger partial charge in [0.2, 0.25) is 0 Å². The molecular weight excluding hydrogens is 332 g/mol. The molecule has 3 aromatic rings. The lowest BCUT2D eigenvalue weighted by molar-refractivity contribution is 0.102. The van der Waals surface area contributed by atoms with Crippen molar-refractivity contribution in [2.75, 3.05) is 11.1 Å². The molecule has 0 radical (unpaired) electrons. The van der Waals surface area contributed by atoms with Crippen LogP contribution in [0.15, 0.2) is 53.7 Å². The van der Waals surface area contributed by atoms with Gasteiger partial charge in [-0.15, -0.1) is 11.8 Å². The lowest BCUT2D eigenvalue weighted by Gasteiger charge is -2.09. The number of pyridine rings is 1. The number of carbonyl (C=O) groups is 1. The fraction of sp³-hybridized carbons (Fsp3) is 0.211.